The Morgan fingerprint density at radius 3 is 2.68 bits per heavy atom. The van der Waals surface area contributed by atoms with E-state index in [1.54, 1.807) is 19.2 Å². The Bertz CT molecular complexity index is 427. The Balaban J connectivity index is 2.63. The molecule has 106 valence electrons. The highest BCUT2D eigenvalue weighted by Crippen LogP contribution is 2.08. The Morgan fingerprint density at radius 2 is 2.11 bits per heavy atom. The summed E-state index contributed by atoms with van der Waals surface area (Å²) in [6.45, 7) is 10.4. The second-order valence-electron chi connectivity index (χ2n) is 5.40. The zero-order chi connectivity index (χ0) is 14.5. The van der Waals surface area contributed by atoms with E-state index in [2.05, 4.69) is 25.9 Å². The van der Waals surface area contributed by atoms with Gasteiger partial charge in [0.15, 0.2) is 0 Å². The summed E-state index contributed by atoms with van der Waals surface area (Å²) in [5.74, 6) is 1.12. The third-order valence-corrected chi connectivity index (χ3v) is 2.25. The van der Waals surface area contributed by atoms with Gasteiger partial charge in [-0.3, -0.25) is 4.79 Å². The predicted octanol–water partition coefficient (Wildman–Crippen LogP) is 1.62. The third kappa shape index (κ3) is 5.54. The fraction of sp³-hybridized carbons (Fsp3) is 0.615. The molecule has 1 rings (SSSR count). The number of aromatic nitrogens is 2. The third-order valence-electron chi connectivity index (χ3n) is 2.25. The SMILES string of the molecule is CCNc1nccc(NC(C)C(=O)NC(C)(C)C)n1. The molecule has 0 bridgehead atoms. The van der Waals surface area contributed by atoms with Crippen molar-refractivity contribution in [3.63, 3.8) is 0 Å². The summed E-state index contributed by atoms with van der Waals surface area (Å²) in [5.41, 5.74) is -0.242. The number of hydrogen-bond acceptors (Lipinski definition) is 5. The van der Waals surface area contributed by atoms with Crippen LogP contribution in [0.15, 0.2) is 12.3 Å². The van der Waals surface area contributed by atoms with Crippen LogP contribution in [-0.2, 0) is 4.79 Å². The van der Waals surface area contributed by atoms with E-state index in [9.17, 15) is 4.79 Å². The van der Waals surface area contributed by atoms with Gasteiger partial charge in [-0.2, -0.15) is 4.98 Å². The first kappa shape index (κ1) is 15.2. The van der Waals surface area contributed by atoms with Crippen molar-refractivity contribution in [3.05, 3.63) is 12.3 Å². The molecule has 0 spiro atoms. The number of hydrogen-bond donors (Lipinski definition) is 3. The van der Waals surface area contributed by atoms with E-state index in [4.69, 9.17) is 0 Å². The zero-order valence-corrected chi connectivity index (χ0v) is 12.2. The Morgan fingerprint density at radius 1 is 1.42 bits per heavy atom. The average molecular weight is 265 g/mol. The second-order valence-corrected chi connectivity index (χ2v) is 5.40. The van der Waals surface area contributed by atoms with E-state index in [1.165, 1.54) is 0 Å². The molecule has 3 N–H and O–H groups in total. The highest BCUT2D eigenvalue weighted by Gasteiger charge is 2.19. The number of amides is 1. The van der Waals surface area contributed by atoms with Crippen molar-refractivity contribution in [2.45, 2.75) is 46.2 Å². The van der Waals surface area contributed by atoms with E-state index >= 15 is 0 Å². The molecule has 0 saturated carbocycles. The summed E-state index contributed by atoms with van der Waals surface area (Å²) >= 11 is 0. The molecule has 1 heterocycles. The van der Waals surface area contributed by atoms with Crippen molar-refractivity contribution in [1.82, 2.24) is 15.3 Å². The Hall–Kier alpha value is -1.85. The molecule has 0 aromatic carbocycles. The van der Waals surface area contributed by atoms with E-state index in [0.29, 0.717) is 11.8 Å². The second kappa shape index (κ2) is 6.36. The van der Waals surface area contributed by atoms with Crippen LogP contribution in [0.3, 0.4) is 0 Å². The normalized spacial score (nSPS) is 12.7. The van der Waals surface area contributed by atoms with Crippen LogP contribution in [0.25, 0.3) is 0 Å². The standard InChI is InChI=1S/C13H23N5O/c1-6-14-12-15-8-7-10(17-12)16-9(2)11(19)18-13(3,4)5/h7-9H,6H2,1-5H3,(H,18,19)(H2,14,15,16,17). The van der Waals surface area contributed by atoms with Crippen LogP contribution in [0, 0.1) is 0 Å². The highest BCUT2D eigenvalue weighted by molar-refractivity contribution is 5.84. The van der Waals surface area contributed by atoms with Crippen LogP contribution in [0.5, 0.6) is 0 Å². The number of nitrogens with zero attached hydrogens (tertiary/aromatic N) is 2. The largest absolute Gasteiger partial charge is 0.358 e. The molecular formula is C13H23N5O. The number of carbonyl (C=O) groups is 1. The quantitative estimate of drug-likeness (QED) is 0.754. The molecule has 6 heteroatoms. The molecular weight excluding hydrogens is 242 g/mol. The van der Waals surface area contributed by atoms with Crippen molar-refractivity contribution in [3.8, 4) is 0 Å². The van der Waals surface area contributed by atoms with Gasteiger partial charge in [0.25, 0.3) is 0 Å². The van der Waals surface area contributed by atoms with Gasteiger partial charge < -0.3 is 16.0 Å². The highest BCUT2D eigenvalue weighted by atomic mass is 16.2. The predicted molar refractivity (Wildman–Crippen MR) is 77.2 cm³/mol. The monoisotopic (exact) mass is 265 g/mol. The van der Waals surface area contributed by atoms with E-state index in [1.807, 2.05) is 27.7 Å². The topological polar surface area (TPSA) is 78.9 Å². The molecule has 1 aromatic rings. The summed E-state index contributed by atoms with van der Waals surface area (Å²) in [4.78, 5) is 20.3. The summed E-state index contributed by atoms with van der Waals surface area (Å²) in [7, 11) is 0. The molecule has 1 unspecified atom stereocenters. The van der Waals surface area contributed by atoms with Crippen LogP contribution in [0.4, 0.5) is 11.8 Å². The van der Waals surface area contributed by atoms with Gasteiger partial charge in [-0.1, -0.05) is 0 Å². The van der Waals surface area contributed by atoms with Crippen LogP contribution < -0.4 is 16.0 Å². The molecule has 0 fully saturated rings. The fourth-order valence-corrected chi connectivity index (χ4v) is 1.45. The summed E-state index contributed by atoms with van der Waals surface area (Å²) in [6, 6.07) is 1.38. The van der Waals surface area contributed by atoms with Gasteiger partial charge >= 0.3 is 0 Å². The number of rotatable bonds is 5. The summed E-state index contributed by atoms with van der Waals surface area (Å²) in [5, 5.41) is 9.00. The van der Waals surface area contributed by atoms with Gasteiger partial charge in [0.2, 0.25) is 11.9 Å². The van der Waals surface area contributed by atoms with E-state index in [-0.39, 0.29) is 17.5 Å². The maximum Gasteiger partial charge on any atom is 0.242 e. The summed E-state index contributed by atoms with van der Waals surface area (Å²) < 4.78 is 0. The minimum atomic E-state index is -0.358. The molecule has 6 nitrogen and oxygen atoms in total. The van der Waals surface area contributed by atoms with Gasteiger partial charge in [0, 0.05) is 18.3 Å². The number of anilines is 2. The van der Waals surface area contributed by atoms with Gasteiger partial charge in [0.1, 0.15) is 11.9 Å². The van der Waals surface area contributed by atoms with Gasteiger partial charge in [0.05, 0.1) is 0 Å². The molecule has 1 aromatic heterocycles. The lowest BCUT2D eigenvalue weighted by Gasteiger charge is -2.23. The lowest BCUT2D eigenvalue weighted by atomic mass is 10.1. The van der Waals surface area contributed by atoms with E-state index < -0.39 is 0 Å². The van der Waals surface area contributed by atoms with Crippen molar-refractivity contribution < 1.29 is 4.79 Å². The molecule has 19 heavy (non-hydrogen) atoms. The molecule has 0 radical (unpaired) electrons. The lowest BCUT2D eigenvalue weighted by Crippen LogP contribution is -2.47. The van der Waals surface area contributed by atoms with Crippen molar-refractivity contribution in [2.75, 3.05) is 17.2 Å². The van der Waals surface area contributed by atoms with Crippen molar-refractivity contribution >= 4 is 17.7 Å². The van der Waals surface area contributed by atoms with Crippen LogP contribution in [-0.4, -0.2) is 34.0 Å². The first-order valence-electron chi connectivity index (χ1n) is 6.47. The average Bonchev–Trinajstić information content (AvgIpc) is 2.27. The Labute approximate surface area is 114 Å². The lowest BCUT2D eigenvalue weighted by molar-refractivity contribution is -0.122. The zero-order valence-electron chi connectivity index (χ0n) is 12.2. The first-order valence-corrected chi connectivity index (χ1v) is 6.47. The van der Waals surface area contributed by atoms with Gasteiger partial charge in [-0.05, 0) is 40.7 Å². The molecule has 0 aliphatic heterocycles. The van der Waals surface area contributed by atoms with Crippen LogP contribution >= 0.6 is 0 Å². The number of nitrogens with one attached hydrogen (secondary N) is 3. The molecule has 0 aliphatic rings. The molecule has 0 aliphatic carbocycles. The maximum atomic E-state index is 11.9. The smallest absolute Gasteiger partial charge is 0.242 e. The maximum absolute atomic E-state index is 11.9. The van der Waals surface area contributed by atoms with Gasteiger partial charge in [-0.15, -0.1) is 0 Å². The van der Waals surface area contributed by atoms with Crippen LogP contribution in [0.1, 0.15) is 34.6 Å². The number of carbonyl (C=O) groups excluding carboxylic acids is 1. The first-order chi connectivity index (χ1) is 8.81. The summed E-state index contributed by atoms with van der Waals surface area (Å²) in [6.07, 6.45) is 1.65. The van der Waals surface area contributed by atoms with Crippen molar-refractivity contribution in [1.29, 1.82) is 0 Å². The molecule has 1 atom stereocenters. The molecule has 0 saturated heterocycles. The fourth-order valence-electron chi connectivity index (χ4n) is 1.45. The minimum absolute atomic E-state index is 0.0592. The van der Waals surface area contributed by atoms with Crippen molar-refractivity contribution in [2.24, 2.45) is 0 Å². The molecule has 1 amide bonds. The Kier molecular flexibility index (Phi) is 5.09. The van der Waals surface area contributed by atoms with Gasteiger partial charge in [-0.25, -0.2) is 4.98 Å². The van der Waals surface area contributed by atoms with E-state index in [0.717, 1.165) is 6.54 Å². The van der Waals surface area contributed by atoms with Crippen LogP contribution in [0.2, 0.25) is 0 Å². The minimum Gasteiger partial charge on any atom is -0.358 e.